The minimum absolute atomic E-state index is 0.261. The fraction of sp³-hybridized carbons (Fsp3) is 0.167. The summed E-state index contributed by atoms with van der Waals surface area (Å²) in [6, 6.07) is 9.64. The van der Waals surface area contributed by atoms with Gasteiger partial charge in [0.1, 0.15) is 0 Å². The van der Waals surface area contributed by atoms with Crippen molar-refractivity contribution < 1.29 is 9.59 Å². The average molecular weight is 218 g/mol. The molecule has 0 aliphatic rings. The lowest BCUT2D eigenvalue weighted by atomic mass is 10.0. The molecular formula is C12H14N2O2. The summed E-state index contributed by atoms with van der Waals surface area (Å²) in [7, 11) is 0. The van der Waals surface area contributed by atoms with Gasteiger partial charge in [0.15, 0.2) is 0 Å². The Morgan fingerprint density at radius 3 is 2.25 bits per heavy atom. The molecule has 0 aromatic heterocycles. The van der Waals surface area contributed by atoms with Crippen LogP contribution in [-0.2, 0) is 16.0 Å². The van der Waals surface area contributed by atoms with Crippen LogP contribution >= 0.6 is 0 Å². The number of hydrogen-bond acceptors (Lipinski definition) is 2. The Morgan fingerprint density at radius 1 is 1.12 bits per heavy atom. The van der Waals surface area contributed by atoms with Crippen LogP contribution in [0.4, 0.5) is 0 Å². The number of benzene rings is 1. The quantitative estimate of drug-likeness (QED) is 0.706. The fourth-order valence-corrected chi connectivity index (χ4v) is 1.36. The lowest BCUT2D eigenvalue weighted by Gasteiger charge is -2.02. The summed E-state index contributed by atoms with van der Waals surface area (Å²) in [6.45, 7) is 0. The van der Waals surface area contributed by atoms with Gasteiger partial charge in [-0.2, -0.15) is 0 Å². The van der Waals surface area contributed by atoms with Crippen molar-refractivity contribution in [1.82, 2.24) is 0 Å². The van der Waals surface area contributed by atoms with Crippen LogP contribution in [0.2, 0.25) is 0 Å². The van der Waals surface area contributed by atoms with Crippen molar-refractivity contribution in [3.8, 4) is 0 Å². The van der Waals surface area contributed by atoms with Crippen molar-refractivity contribution in [3.05, 3.63) is 47.5 Å². The normalized spacial score (nSPS) is 11.1. The maximum atomic E-state index is 11.0. The maximum absolute atomic E-state index is 11.0. The predicted molar refractivity (Wildman–Crippen MR) is 61.2 cm³/mol. The van der Waals surface area contributed by atoms with Crippen molar-refractivity contribution >= 4 is 11.8 Å². The van der Waals surface area contributed by atoms with Crippen molar-refractivity contribution in [2.75, 3.05) is 0 Å². The van der Waals surface area contributed by atoms with Crippen molar-refractivity contribution in [3.63, 3.8) is 0 Å². The topological polar surface area (TPSA) is 86.2 Å². The van der Waals surface area contributed by atoms with E-state index in [9.17, 15) is 9.59 Å². The molecule has 1 aromatic rings. The van der Waals surface area contributed by atoms with Crippen LogP contribution in [0.3, 0.4) is 0 Å². The Morgan fingerprint density at radius 2 is 1.75 bits per heavy atom. The van der Waals surface area contributed by atoms with Crippen LogP contribution in [0.1, 0.15) is 12.0 Å². The molecular weight excluding hydrogens is 204 g/mol. The van der Waals surface area contributed by atoms with Crippen molar-refractivity contribution in [2.24, 2.45) is 11.5 Å². The number of aryl methyl sites for hydroxylation is 1. The Balaban J connectivity index is 2.65. The van der Waals surface area contributed by atoms with E-state index in [-0.39, 0.29) is 5.57 Å². The summed E-state index contributed by atoms with van der Waals surface area (Å²) in [4.78, 5) is 21.7. The molecule has 84 valence electrons. The summed E-state index contributed by atoms with van der Waals surface area (Å²) in [5, 5.41) is 0. The number of carbonyl (C=O) groups excluding carboxylic acids is 2. The standard InChI is InChI=1S/C12H14N2O2/c13-11(15)8-10(12(14)16)7-6-9-4-2-1-3-5-9/h1-5,8H,6-7H2,(H2,13,15)(H2,14,16). The van der Waals surface area contributed by atoms with E-state index in [1.54, 1.807) is 0 Å². The van der Waals surface area contributed by atoms with E-state index in [2.05, 4.69) is 0 Å². The monoisotopic (exact) mass is 218 g/mol. The Bertz CT molecular complexity index is 410. The van der Waals surface area contributed by atoms with E-state index in [1.165, 1.54) is 0 Å². The maximum Gasteiger partial charge on any atom is 0.244 e. The first kappa shape index (κ1) is 12.0. The highest BCUT2D eigenvalue weighted by atomic mass is 16.1. The Hall–Kier alpha value is -2.10. The molecule has 0 aliphatic heterocycles. The van der Waals surface area contributed by atoms with E-state index >= 15 is 0 Å². The first-order chi connectivity index (χ1) is 7.59. The molecule has 0 fully saturated rings. The second-order valence-electron chi connectivity index (χ2n) is 3.42. The second kappa shape index (κ2) is 5.70. The number of hydrogen-bond donors (Lipinski definition) is 2. The first-order valence-corrected chi connectivity index (χ1v) is 4.93. The average Bonchev–Trinajstić information content (AvgIpc) is 2.25. The van der Waals surface area contributed by atoms with Crippen LogP contribution in [-0.4, -0.2) is 11.8 Å². The molecule has 0 unspecified atom stereocenters. The molecule has 0 bridgehead atoms. The second-order valence-corrected chi connectivity index (χ2v) is 3.42. The molecule has 16 heavy (non-hydrogen) atoms. The van der Waals surface area contributed by atoms with Gasteiger partial charge in [-0.1, -0.05) is 30.3 Å². The van der Waals surface area contributed by atoms with Gasteiger partial charge in [-0.05, 0) is 18.4 Å². The number of primary amides is 2. The van der Waals surface area contributed by atoms with Crippen molar-refractivity contribution in [2.45, 2.75) is 12.8 Å². The summed E-state index contributed by atoms with van der Waals surface area (Å²) < 4.78 is 0. The molecule has 1 rings (SSSR count). The van der Waals surface area contributed by atoms with E-state index in [4.69, 9.17) is 11.5 Å². The minimum Gasteiger partial charge on any atom is -0.366 e. The number of nitrogens with two attached hydrogens (primary N) is 2. The van der Waals surface area contributed by atoms with E-state index in [0.29, 0.717) is 12.8 Å². The van der Waals surface area contributed by atoms with E-state index in [1.807, 2.05) is 30.3 Å². The molecule has 0 spiro atoms. The van der Waals surface area contributed by atoms with Gasteiger partial charge < -0.3 is 11.5 Å². The molecule has 4 nitrogen and oxygen atoms in total. The van der Waals surface area contributed by atoms with Crippen LogP contribution in [0, 0.1) is 0 Å². The molecule has 1 aromatic carbocycles. The Labute approximate surface area is 93.9 Å². The fourth-order valence-electron chi connectivity index (χ4n) is 1.36. The molecule has 0 saturated heterocycles. The summed E-state index contributed by atoms with van der Waals surface area (Å²) in [5.74, 6) is -1.25. The molecule has 4 N–H and O–H groups in total. The SMILES string of the molecule is NC(=O)C=C(CCc1ccccc1)C(N)=O. The lowest BCUT2D eigenvalue weighted by Crippen LogP contribution is -2.18. The van der Waals surface area contributed by atoms with Gasteiger partial charge in [-0.15, -0.1) is 0 Å². The van der Waals surface area contributed by atoms with Crippen molar-refractivity contribution in [1.29, 1.82) is 0 Å². The van der Waals surface area contributed by atoms with Gasteiger partial charge in [-0.25, -0.2) is 0 Å². The van der Waals surface area contributed by atoms with Crippen LogP contribution in [0.25, 0.3) is 0 Å². The summed E-state index contributed by atoms with van der Waals surface area (Å²) >= 11 is 0. The molecule has 0 atom stereocenters. The molecule has 0 heterocycles. The smallest absolute Gasteiger partial charge is 0.244 e. The molecule has 0 radical (unpaired) electrons. The molecule has 2 amide bonds. The predicted octanol–water partition coefficient (Wildman–Crippen LogP) is 0.516. The van der Waals surface area contributed by atoms with Crippen LogP contribution in [0.5, 0.6) is 0 Å². The zero-order chi connectivity index (χ0) is 12.0. The van der Waals surface area contributed by atoms with Gasteiger partial charge >= 0.3 is 0 Å². The summed E-state index contributed by atoms with van der Waals surface area (Å²) in [6.07, 6.45) is 2.16. The highest BCUT2D eigenvalue weighted by Gasteiger charge is 2.06. The summed E-state index contributed by atoms with van der Waals surface area (Å²) in [5.41, 5.74) is 11.5. The number of carbonyl (C=O) groups is 2. The Kier molecular flexibility index (Phi) is 4.27. The van der Waals surface area contributed by atoms with Gasteiger partial charge in [0, 0.05) is 11.6 Å². The zero-order valence-corrected chi connectivity index (χ0v) is 8.85. The van der Waals surface area contributed by atoms with E-state index in [0.717, 1.165) is 11.6 Å². The number of amides is 2. The third-order valence-corrected chi connectivity index (χ3v) is 2.16. The van der Waals surface area contributed by atoms with Crippen LogP contribution < -0.4 is 11.5 Å². The zero-order valence-electron chi connectivity index (χ0n) is 8.85. The van der Waals surface area contributed by atoms with Crippen LogP contribution in [0.15, 0.2) is 42.0 Å². The minimum atomic E-state index is -0.651. The highest BCUT2D eigenvalue weighted by molar-refractivity contribution is 5.99. The number of rotatable bonds is 5. The third-order valence-electron chi connectivity index (χ3n) is 2.16. The van der Waals surface area contributed by atoms with E-state index < -0.39 is 11.8 Å². The largest absolute Gasteiger partial charge is 0.366 e. The first-order valence-electron chi connectivity index (χ1n) is 4.93. The molecule has 0 saturated carbocycles. The molecule has 0 aliphatic carbocycles. The van der Waals surface area contributed by atoms with Gasteiger partial charge in [0.2, 0.25) is 11.8 Å². The lowest BCUT2D eigenvalue weighted by molar-refractivity contribution is -0.116. The molecule has 4 heteroatoms. The third kappa shape index (κ3) is 3.96. The highest BCUT2D eigenvalue weighted by Crippen LogP contribution is 2.08. The van der Waals surface area contributed by atoms with Gasteiger partial charge in [-0.3, -0.25) is 9.59 Å². The van der Waals surface area contributed by atoms with Gasteiger partial charge in [0.25, 0.3) is 0 Å². The van der Waals surface area contributed by atoms with Gasteiger partial charge in [0.05, 0.1) is 0 Å².